The van der Waals surface area contributed by atoms with Crippen molar-refractivity contribution >= 4 is 0 Å². The van der Waals surface area contributed by atoms with Gasteiger partial charge in [-0.25, -0.2) is 0 Å². The minimum Gasteiger partial charge on any atom is -0.329 e. The maximum Gasteiger partial charge on any atom is 0.0354 e. The number of aryl methyl sites for hydroxylation is 1. The number of rotatable bonds is 2. The average Bonchev–Trinajstić information content (AvgIpc) is 2.69. The zero-order valence-electron chi connectivity index (χ0n) is 12.7. The Balaban J connectivity index is 1.92. The third-order valence-electron chi connectivity index (χ3n) is 5.39. The first-order chi connectivity index (χ1) is 9.81. The molecule has 3 rings (SSSR count). The van der Waals surface area contributed by atoms with Crippen LogP contribution in [0.15, 0.2) is 24.3 Å². The van der Waals surface area contributed by atoms with Crippen molar-refractivity contribution in [2.45, 2.75) is 57.5 Å². The molecule has 110 valence electrons. The Morgan fingerprint density at radius 2 is 2.00 bits per heavy atom. The van der Waals surface area contributed by atoms with Crippen LogP contribution >= 0.6 is 0 Å². The monoisotopic (exact) mass is 272 g/mol. The van der Waals surface area contributed by atoms with Gasteiger partial charge in [-0.2, -0.15) is 0 Å². The zero-order valence-corrected chi connectivity index (χ0v) is 12.7. The standard InChI is InChI=1S/C18H28N2/c1-14-7-6-12-20(18(14)13-19)17-11-5-3-9-15-8-2-4-10-16(15)17/h2,4,8,10,14,17-18H,3,5-7,9,11-13,19H2,1H3. The highest BCUT2D eigenvalue weighted by molar-refractivity contribution is 5.31. The lowest BCUT2D eigenvalue weighted by Gasteiger charge is -2.44. The minimum absolute atomic E-state index is 0.569. The zero-order chi connectivity index (χ0) is 13.9. The van der Waals surface area contributed by atoms with E-state index in [-0.39, 0.29) is 0 Å². The molecule has 0 saturated carbocycles. The molecular weight excluding hydrogens is 244 g/mol. The van der Waals surface area contributed by atoms with Gasteiger partial charge in [-0.1, -0.05) is 37.6 Å². The van der Waals surface area contributed by atoms with E-state index >= 15 is 0 Å². The molecule has 2 aliphatic rings. The molecular formula is C18H28N2. The SMILES string of the molecule is CC1CCCN(C2CCCCc3ccccc32)C1CN. The van der Waals surface area contributed by atoms with Crippen molar-refractivity contribution in [2.24, 2.45) is 11.7 Å². The highest BCUT2D eigenvalue weighted by Gasteiger charge is 2.34. The van der Waals surface area contributed by atoms with Gasteiger partial charge in [0.1, 0.15) is 0 Å². The first-order valence-electron chi connectivity index (χ1n) is 8.35. The van der Waals surface area contributed by atoms with E-state index < -0.39 is 0 Å². The number of likely N-dealkylation sites (tertiary alicyclic amines) is 1. The van der Waals surface area contributed by atoms with Gasteiger partial charge in [-0.3, -0.25) is 4.90 Å². The minimum atomic E-state index is 0.569. The highest BCUT2D eigenvalue weighted by Crippen LogP contribution is 2.37. The molecule has 3 unspecified atom stereocenters. The second-order valence-electron chi connectivity index (χ2n) is 6.62. The van der Waals surface area contributed by atoms with E-state index in [1.807, 2.05) is 0 Å². The van der Waals surface area contributed by atoms with Crippen molar-refractivity contribution in [3.05, 3.63) is 35.4 Å². The van der Waals surface area contributed by atoms with E-state index in [4.69, 9.17) is 5.73 Å². The molecule has 20 heavy (non-hydrogen) atoms. The van der Waals surface area contributed by atoms with Crippen molar-refractivity contribution in [3.63, 3.8) is 0 Å². The molecule has 2 heteroatoms. The number of fused-ring (bicyclic) bond motifs is 1. The summed E-state index contributed by atoms with van der Waals surface area (Å²) in [5.74, 6) is 0.740. The van der Waals surface area contributed by atoms with E-state index in [0.29, 0.717) is 12.1 Å². The molecule has 2 nitrogen and oxygen atoms in total. The first kappa shape index (κ1) is 14.1. The van der Waals surface area contributed by atoms with Crippen LogP contribution in [0.4, 0.5) is 0 Å². The maximum atomic E-state index is 6.11. The summed E-state index contributed by atoms with van der Waals surface area (Å²) in [7, 11) is 0. The highest BCUT2D eigenvalue weighted by atomic mass is 15.2. The van der Waals surface area contributed by atoms with Gasteiger partial charge >= 0.3 is 0 Å². The summed E-state index contributed by atoms with van der Waals surface area (Å²) in [5.41, 5.74) is 9.26. The van der Waals surface area contributed by atoms with E-state index in [1.54, 1.807) is 11.1 Å². The summed E-state index contributed by atoms with van der Waals surface area (Å²) in [6.07, 6.45) is 7.92. The Labute approximate surface area is 123 Å². The Bertz CT molecular complexity index is 443. The molecule has 2 N–H and O–H groups in total. The van der Waals surface area contributed by atoms with Gasteiger partial charge in [0.05, 0.1) is 0 Å². The van der Waals surface area contributed by atoms with Crippen LogP contribution in [-0.2, 0) is 6.42 Å². The summed E-state index contributed by atoms with van der Waals surface area (Å²) in [4.78, 5) is 2.73. The number of nitrogens with zero attached hydrogens (tertiary/aromatic N) is 1. The van der Waals surface area contributed by atoms with Crippen LogP contribution in [0.3, 0.4) is 0 Å². The number of piperidine rings is 1. The Kier molecular flexibility index (Phi) is 4.42. The van der Waals surface area contributed by atoms with Gasteiger partial charge in [0.15, 0.2) is 0 Å². The largest absolute Gasteiger partial charge is 0.329 e. The smallest absolute Gasteiger partial charge is 0.0354 e. The van der Waals surface area contributed by atoms with Crippen molar-refractivity contribution in [1.29, 1.82) is 0 Å². The first-order valence-corrected chi connectivity index (χ1v) is 8.35. The fourth-order valence-electron chi connectivity index (χ4n) is 4.28. The van der Waals surface area contributed by atoms with Gasteiger partial charge in [-0.15, -0.1) is 0 Å². The van der Waals surface area contributed by atoms with Crippen molar-refractivity contribution in [3.8, 4) is 0 Å². The van der Waals surface area contributed by atoms with Crippen LogP contribution < -0.4 is 5.73 Å². The van der Waals surface area contributed by atoms with E-state index in [1.165, 1.54) is 45.1 Å². The second-order valence-corrected chi connectivity index (χ2v) is 6.62. The van der Waals surface area contributed by atoms with Crippen LogP contribution in [0.25, 0.3) is 0 Å². The lowest BCUT2D eigenvalue weighted by atomic mass is 9.87. The molecule has 1 aliphatic heterocycles. The molecule has 0 spiro atoms. The van der Waals surface area contributed by atoms with Gasteiger partial charge in [-0.05, 0) is 55.7 Å². The van der Waals surface area contributed by atoms with Crippen LogP contribution in [0.1, 0.15) is 56.2 Å². The molecule has 1 aromatic rings. The molecule has 0 amide bonds. The second kappa shape index (κ2) is 6.28. The summed E-state index contributed by atoms with van der Waals surface area (Å²) >= 11 is 0. The molecule has 1 saturated heterocycles. The molecule has 1 fully saturated rings. The van der Waals surface area contributed by atoms with Gasteiger partial charge in [0, 0.05) is 18.6 Å². The molecule has 0 radical (unpaired) electrons. The average molecular weight is 272 g/mol. The van der Waals surface area contributed by atoms with Crippen molar-refractivity contribution < 1.29 is 0 Å². The molecule has 1 aliphatic carbocycles. The van der Waals surface area contributed by atoms with Crippen LogP contribution in [0, 0.1) is 5.92 Å². The molecule has 1 aromatic carbocycles. The lowest BCUT2D eigenvalue weighted by molar-refractivity contribution is 0.0572. The summed E-state index contributed by atoms with van der Waals surface area (Å²) in [6, 6.07) is 10.3. The van der Waals surface area contributed by atoms with Crippen LogP contribution in [-0.4, -0.2) is 24.0 Å². The summed E-state index contributed by atoms with van der Waals surface area (Å²) < 4.78 is 0. The van der Waals surface area contributed by atoms with Gasteiger partial charge in [0.25, 0.3) is 0 Å². The molecule has 1 heterocycles. The van der Waals surface area contributed by atoms with E-state index in [2.05, 4.69) is 36.1 Å². The van der Waals surface area contributed by atoms with E-state index in [0.717, 1.165) is 12.5 Å². The lowest BCUT2D eigenvalue weighted by Crippen LogP contribution is -2.50. The normalized spacial score (nSPS) is 31.6. The van der Waals surface area contributed by atoms with Gasteiger partial charge < -0.3 is 5.73 Å². The third-order valence-corrected chi connectivity index (χ3v) is 5.39. The van der Waals surface area contributed by atoms with Crippen molar-refractivity contribution in [1.82, 2.24) is 4.90 Å². The topological polar surface area (TPSA) is 29.3 Å². The van der Waals surface area contributed by atoms with Gasteiger partial charge in [0.2, 0.25) is 0 Å². The quantitative estimate of drug-likeness (QED) is 0.835. The Morgan fingerprint density at radius 1 is 1.15 bits per heavy atom. The molecule has 0 bridgehead atoms. The molecule has 3 atom stereocenters. The summed E-state index contributed by atoms with van der Waals surface area (Å²) in [5, 5.41) is 0. The van der Waals surface area contributed by atoms with Crippen LogP contribution in [0.5, 0.6) is 0 Å². The Morgan fingerprint density at radius 3 is 2.85 bits per heavy atom. The number of benzene rings is 1. The third kappa shape index (κ3) is 2.64. The predicted octanol–water partition coefficient (Wildman–Crippen LogP) is 3.51. The predicted molar refractivity (Wildman–Crippen MR) is 84.7 cm³/mol. The number of nitrogens with two attached hydrogens (primary N) is 1. The van der Waals surface area contributed by atoms with Crippen LogP contribution in [0.2, 0.25) is 0 Å². The Hall–Kier alpha value is -0.860. The number of hydrogen-bond acceptors (Lipinski definition) is 2. The summed E-state index contributed by atoms with van der Waals surface area (Å²) in [6.45, 7) is 4.41. The number of hydrogen-bond donors (Lipinski definition) is 1. The maximum absolute atomic E-state index is 6.11. The molecule has 0 aromatic heterocycles. The van der Waals surface area contributed by atoms with Crippen molar-refractivity contribution in [2.75, 3.05) is 13.1 Å². The van der Waals surface area contributed by atoms with E-state index in [9.17, 15) is 0 Å². The fourth-order valence-corrected chi connectivity index (χ4v) is 4.28. The fraction of sp³-hybridized carbons (Fsp3) is 0.667.